The molecule has 1 aliphatic rings. The van der Waals surface area contributed by atoms with Crippen LogP contribution in [0.4, 0.5) is 10.8 Å². The van der Waals surface area contributed by atoms with Crippen molar-refractivity contribution in [1.29, 1.82) is 0 Å². The first kappa shape index (κ1) is 23.1. The molecule has 7 heteroatoms. The van der Waals surface area contributed by atoms with E-state index in [0.717, 1.165) is 33.6 Å². The second kappa shape index (κ2) is 9.15. The van der Waals surface area contributed by atoms with Crippen LogP contribution in [-0.2, 0) is 15.0 Å². The van der Waals surface area contributed by atoms with E-state index in [2.05, 4.69) is 22.4 Å². The molecule has 0 radical (unpaired) electrons. The van der Waals surface area contributed by atoms with Crippen LogP contribution in [0.5, 0.6) is 5.75 Å². The van der Waals surface area contributed by atoms with E-state index in [9.17, 15) is 9.59 Å². The fourth-order valence-corrected chi connectivity index (χ4v) is 5.19. The molecule has 178 valence electrons. The minimum atomic E-state index is -0.567. The number of hydrogen-bond donors (Lipinski definition) is 1. The largest absolute Gasteiger partial charge is 0.494 e. The number of carbonyl (C=O) groups is 2. The summed E-state index contributed by atoms with van der Waals surface area (Å²) in [7, 11) is 1.80. The number of nitrogens with zero attached hydrogens (tertiary/aromatic N) is 2. The molecule has 1 aromatic heterocycles. The molecular formula is C28H27N3O3S. The molecule has 2 amide bonds. The first-order chi connectivity index (χ1) is 16.8. The van der Waals surface area contributed by atoms with Crippen molar-refractivity contribution < 1.29 is 14.3 Å². The van der Waals surface area contributed by atoms with Gasteiger partial charge in [-0.25, -0.2) is 4.98 Å². The van der Waals surface area contributed by atoms with Gasteiger partial charge in [0.2, 0.25) is 11.8 Å². The van der Waals surface area contributed by atoms with Crippen LogP contribution in [0.1, 0.15) is 32.3 Å². The van der Waals surface area contributed by atoms with Crippen LogP contribution >= 0.6 is 11.3 Å². The van der Waals surface area contributed by atoms with Crippen molar-refractivity contribution >= 4 is 44.7 Å². The smallest absolute Gasteiger partial charge is 0.236 e. The number of thiazole rings is 1. The number of nitrogens with one attached hydrogen (secondary N) is 1. The predicted molar refractivity (Wildman–Crippen MR) is 141 cm³/mol. The Morgan fingerprint density at radius 2 is 1.89 bits per heavy atom. The molecule has 0 aliphatic carbocycles. The lowest BCUT2D eigenvalue weighted by Gasteiger charge is -2.16. The minimum Gasteiger partial charge on any atom is -0.494 e. The first-order valence-corrected chi connectivity index (χ1v) is 12.5. The second-order valence-electron chi connectivity index (χ2n) is 9.27. The highest BCUT2D eigenvalue weighted by atomic mass is 32.1. The number of likely N-dealkylation sites (N-methyl/N-ethyl adjacent to an activating group) is 1. The topological polar surface area (TPSA) is 71.5 Å². The van der Waals surface area contributed by atoms with E-state index >= 15 is 0 Å². The molecule has 0 atom stereocenters. The number of anilines is 2. The van der Waals surface area contributed by atoms with E-state index < -0.39 is 5.41 Å². The highest BCUT2D eigenvalue weighted by Gasteiger charge is 2.42. The summed E-state index contributed by atoms with van der Waals surface area (Å²) in [6.45, 7) is 4.35. The number of aromatic nitrogens is 1. The Balaban J connectivity index is 1.15. The van der Waals surface area contributed by atoms with Crippen LogP contribution in [0.3, 0.4) is 0 Å². The van der Waals surface area contributed by atoms with Gasteiger partial charge in [-0.15, -0.1) is 11.3 Å². The second-order valence-corrected chi connectivity index (χ2v) is 10.1. The molecule has 0 saturated carbocycles. The van der Waals surface area contributed by atoms with Crippen molar-refractivity contribution in [1.82, 2.24) is 4.98 Å². The third-order valence-electron chi connectivity index (χ3n) is 6.45. The van der Waals surface area contributed by atoms with E-state index in [1.165, 1.54) is 16.7 Å². The number of rotatable bonds is 7. The van der Waals surface area contributed by atoms with Gasteiger partial charge in [-0.05, 0) is 60.9 Å². The van der Waals surface area contributed by atoms with Gasteiger partial charge in [0.15, 0.2) is 5.13 Å². The van der Waals surface area contributed by atoms with E-state index in [-0.39, 0.29) is 11.8 Å². The van der Waals surface area contributed by atoms with Gasteiger partial charge in [-0.1, -0.05) is 36.4 Å². The maximum Gasteiger partial charge on any atom is 0.236 e. The van der Waals surface area contributed by atoms with Crippen molar-refractivity contribution in [2.24, 2.45) is 0 Å². The molecule has 35 heavy (non-hydrogen) atoms. The zero-order valence-corrected chi connectivity index (χ0v) is 20.8. The quantitative estimate of drug-likeness (QED) is 0.325. The first-order valence-electron chi connectivity index (χ1n) is 11.6. The van der Waals surface area contributed by atoms with E-state index in [1.54, 1.807) is 11.9 Å². The highest BCUT2D eigenvalue weighted by Crippen LogP contribution is 2.42. The standard InChI is InChI=1S/C28H27N3O3S/c1-28(2)22-16-20(11-13-24(22)31(3)26(28)33)23-17-35-27(29-23)30-25(32)9-6-14-34-21-12-10-18-7-4-5-8-19(18)15-21/h4-5,7-8,10-13,15-17H,6,9,14H2,1-3H3,(H,29,30,32). The summed E-state index contributed by atoms with van der Waals surface area (Å²) in [5.41, 5.74) is 3.07. The van der Waals surface area contributed by atoms with Crippen molar-refractivity contribution in [3.8, 4) is 17.0 Å². The summed E-state index contributed by atoms with van der Waals surface area (Å²) in [5.74, 6) is 0.801. The van der Waals surface area contributed by atoms with Gasteiger partial charge in [-0.2, -0.15) is 0 Å². The van der Waals surface area contributed by atoms with Crippen LogP contribution in [0.25, 0.3) is 22.0 Å². The Hall–Kier alpha value is -3.71. The van der Waals surface area contributed by atoms with E-state index in [0.29, 0.717) is 24.6 Å². The molecule has 0 bridgehead atoms. The number of benzene rings is 3. The lowest BCUT2D eigenvalue weighted by Crippen LogP contribution is -2.33. The van der Waals surface area contributed by atoms with Gasteiger partial charge >= 0.3 is 0 Å². The molecule has 5 rings (SSSR count). The third-order valence-corrected chi connectivity index (χ3v) is 7.21. The molecule has 0 spiro atoms. The molecule has 1 N–H and O–H groups in total. The van der Waals surface area contributed by atoms with Crippen molar-refractivity contribution in [2.45, 2.75) is 32.1 Å². The third kappa shape index (κ3) is 4.51. The molecule has 1 aliphatic heterocycles. The van der Waals surface area contributed by atoms with Gasteiger partial charge in [0, 0.05) is 30.1 Å². The van der Waals surface area contributed by atoms with Crippen molar-refractivity contribution in [3.05, 3.63) is 71.6 Å². The molecule has 2 heterocycles. The molecule has 0 fully saturated rings. The Bertz CT molecular complexity index is 1430. The van der Waals surface area contributed by atoms with Gasteiger partial charge in [0.25, 0.3) is 0 Å². The molecule has 0 saturated heterocycles. The van der Waals surface area contributed by atoms with Crippen LogP contribution < -0.4 is 15.0 Å². The zero-order valence-electron chi connectivity index (χ0n) is 20.0. The molecular weight excluding hydrogens is 458 g/mol. The van der Waals surface area contributed by atoms with Crippen LogP contribution in [0, 0.1) is 0 Å². The normalized spacial score (nSPS) is 14.3. The lowest BCUT2D eigenvalue weighted by atomic mass is 9.85. The molecule has 3 aromatic carbocycles. The maximum absolute atomic E-state index is 12.6. The number of ether oxygens (including phenoxy) is 1. The Labute approximate surface area is 208 Å². The summed E-state index contributed by atoms with van der Waals surface area (Å²) < 4.78 is 5.82. The van der Waals surface area contributed by atoms with Crippen LogP contribution in [0.15, 0.2) is 66.0 Å². The summed E-state index contributed by atoms with van der Waals surface area (Å²) in [6.07, 6.45) is 0.961. The molecule has 6 nitrogen and oxygen atoms in total. The van der Waals surface area contributed by atoms with E-state index in [4.69, 9.17) is 4.74 Å². The minimum absolute atomic E-state index is 0.0838. The van der Waals surface area contributed by atoms with Crippen molar-refractivity contribution in [3.63, 3.8) is 0 Å². The zero-order chi connectivity index (χ0) is 24.6. The lowest BCUT2D eigenvalue weighted by molar-refractivity contribution is -0.121. The fraction of sp³-hybridized carbons (Fsp3) is 0.250. The SMILES string of the molecule is CN1C(=O)C(C)(C)c2cc(-c3csc(NC(=O)CCCOc4ccc5ccccc5c4)n3)ccc21. The van der Waals surface area contributed by atoms with Gasteiger partial charge in [0.05, 0.1) is 17.7 Å². The van der Waals surface area contributed by atoms with E-state index in [1.807, 2.05) is 67.8 Å². The molecule has 0 unspecified atom stereocenters. The van der Waals surface area contributed by atoms with Gasteiger partial charge in [-0.3, -0.25) is 9.59 Å². The summed E-state index contributed by atoms with van der Waals surface area (Å²) in [4.78, 5) is 31.3. The van der Waals surface area contributed by atoms with Gasteiger partial charge < -0.3 is 15.0 Å². The summed E-state index contributed by atoms with van der Waals surface area (Å²) >= 11 is 1.39. The summed E-state index contributed by atoms with van der Waals surface area (Å²) in [5, 5.41) is 7.68. The molecule has 4 aromatic rings. The van der Waals surface area contributed by atoms with Crippen LogP contribution in [-0.4, -0.2) is 30.5 Å². The number of fused-ring (bicyclic) bond motifs is 2. The fourth-order valence-electron chi connectivity index (χ4n) is 4.46. The van der Waals surface area contributed by atoms with Crippen LogP contribution in [0.2, 0.25) is 0 Å². The average Bonchev–Trinajstić information content (AvgIpc) is 3.39. The Kier molecular flexibility index (Phi) is 6.03. The Morgan fingerprint density at radius 1 is 1.09 bits per heavy atom. The number of amides is 2. The van der Waals surface area contributed by atoms with Gasteiger partial charge in [0.1, 0.15) is 5.75 Å². The monoisotopic (exact) mass is 485 g/mol. The average molecular weight is 486 g/mol. The Morgan fingerprint density at radius 3 is 2.71 bits per heavy atom. The predicted octanol–water partition coefficient (Wildman–Crippen LogP) is 6.02. The highest BCUT2D eigenvalue weighted by molar-refractivity contribution is 7.14. The van der Waals surface area contributed by atoms with Crippen molar-refractivity contribution in [2.75, 3.05) is 23.9 Å². The maximum atomic E-state index is 12.6. The summed E-state index contributed by atoms with van der Waals surface area (Å²) in [6, 6.07) is 20.1. The number of carbonyl (C=O) groups excluding carboxylic acids is 2. The number of hydrogen-bond acceptors (Lipinski definition) is 5.